The predicted molar refractivity (Wildman–Crippen MR) is 82.4 cm³/mol. The Morgan fingerprint density at radius 1 is 1.35 bits per heavy atom. The summed E-state index contributed by atoms with van der Waals surface area (Å²) < 4.78 is 13.3. The fourth-order valence-electron chi connectivity index (χ4n) is 1.62. The molecule has 0 unspecified atom stereocenters. The largest absolute Gasteiger partial charge is 0.380 e. The third-order valence-electron chi connectivity index (χ3n) is 2.49. The third kappa shape index (κ3) is 3.62. The fraction of sp³-hybridized carbons (Fsp3) is 0.154. The number of amides is 1. The minimum atomic E-state index is -0.631. The van der Waals surface area contributed by atoms with Crippen LogP contribution in [0.2, 0.25) is 10.0 Å². The standard InChI is InChI=1S/C13H11Cl2FN2OS/c1-7(19)18-11-2-3-20-12(11)6-17-8-4-9(14)13(16)10(15)5-8/h2-5,17H,6H2,1H3,(H,18,19). The van der Waals surface area contributed by atoms with Crippen molar-refractivity contribution in [1.82, 2.24) is 0 Å². The highest BCUT2D eigenvalue weighted by Gasteiger charge is 2.09. The van der Waals surface area contributed by atoms with Crippen LogP contribution in [-0.4, -0.2) is 5.91 Å². The number of carbonyl (C=O) groups excluding carboxylic acids is 1. The Labute approximate surface area is 129 Å². The van der Waals surface area contributed by atoms with Gasteiger partial charge in [0.2, 0.25) is 5.91 Å². The lowest BCUT2D eigenvalue weighted by Crippen LogP contribution is -2.08. The van der Waals surface area contributed by atoms with Crippen LogP contribution in [0.5, 0.6) is 0 Å². The summed E-state index contributed by atoms with van der Waals surface area (Å²) in [5.41, 5.74) is 1.37. The highest BCUT2D eigenvalue weighted by atomic mass is 35.5. The van der Waals surface area contributed by atoms with Crippen LogP contribution in [0.4, 0.5) is 15.8 Å². The number of anilines is 2. The molecular weight excluding hydrogens is 322 g/mol. The van der Waals surface area contributed by atoms with E-state index in [0.29, 0.717) is 12.2 Å². The topological polar surface area (TPSA) is 41.1 Å². The van der Waals surface area contributed by atoms with E-state index in [1.54, 1.807) is 0 Å². The lowest BCUT2D eigenvalue weighted by Gasteiger charge is -2.09. The van der Waals surface area contributed by atoms with Crippen molar-refractivity contribution >= 4 is 51.8 Å². The lowest BCUT2D eigenvalue weighted by molar-refractivity contribution is -0.114. The highest BCUT2D eigenvalue weighted by Crippen LogP contribution is 2.29. The van der Waals surface area contributed by atoms with Gasteiger partial charge < -0.3 is 10.6 Å². The van der Waals surface area contributed by atoms with Gasteiger partial charge in [-0.2, -0.15) is 0 Å². The predicted octanol–water partition coefficient (Wildman–Crippen LogP) is 4.76. The second kappa shape index (κ2) is 6.43. The molecule has 0 fully saturated rings. The summed E-state index contributed by atoms with van der Waals surface area (Å²) in [4.78, 5) is 12.0. The quantitative estimate of drug-likeness (QED) is 0.792. The Kier molecular flexibility index (Phi) is 4.86. The monoisotopic (exact) mass is 332 g/mol. The Bertz CT molecular complexity index is 622. The molecule has 0 spiro atoms. The normalized spacial score (nSPS) is 10.4. The number of nitrogens with one attached hydrogen (secondary N) is 2. The van der Waals surface area contributed by atoms with Gasteiger partial charge in [0.05, 0.1) is 22.3 Å². The number of benzene rings is 1. The van der Waals surface area contributed by atoms with E-state index >= 15 is 0 Å². The minimum Gasteiger partial charge on any atom is -0.380 e. The van der Waals surface area contributed by atoms with E-state index in [0.717, 1.165) is 10.6 Å². The van der Waals surface area contributed by atoms with Gasteiger partial charge in [0.1, 0.15) is 0 Å². The molecule has 0 aliphatic carbocycles. The van der Waals surface area contributed by atoms with Crippen LogP contribution in [0, 0.1) is 5.82 Å². The molecule has 2 N–H and O–H groups in total. The Morgan fingerprint density at radius 2 is 2.00 bits per heavy atom. The van der Waals surface area contributed by atoms with E-state index in [2.05, 4.69) is 10.6 Å². The van der Waals surface area contributed by atoms with Gasteiger partial charge in [0.15, 0.2) is 5.82 Å². The SMILES string of the molecule is CC(=O)Nc1ccsc1CNc1cc(Cl)c(F)c(Cl)c1. The van der Waals surface area contributed by atoms with Crippen LogP contribution in [0.3, 0.4) is 0 Å². The smallest absolute Gasteiger partial charge is 0.221 e. The summed E-state index contributed by atoms with van der Waals surface area (Å²) in [5.74, 6) is -0.758. The average Bonchev–Trinajstić information content (AvgIpc) is 2.79. The van der Waals surface area contributed by atoms with Crippen LogP contribution in [0.1, 0.15) is 11.8 Å². The summed E-state index contributed by atoms with van der Waals surface area (Å²) in [7, 11) is 0. The van der Waals surface area contributed by atoms with E-state index in [1.165, 1.54) is 30.4 Å². The van der Waals surface area contributed by atoms with Crippen LogP contribution >= 0.6 is 34.5 Å². The Hall–Kier alpha value is -1.30. The van der Waals surface area contributed by atoms with E-state index in [4.69, 9.17) is 23.2 Å². The average molecular weight is 333 g/mol. The van der Waals surface area contributed by atoms with Crippen LogP contribution < -0.4 is 10.6 Å². The molecule has 0 radical (unpaired) electrons. The molecule has 1 heterocycles. The number of rotatable bonds is 4. The first kappa shape index (κ1) is 15.1. The van der Waals surface area contributed by atoms with Crippen LogP contribution in [0.15, 0.2) is 23.6 Å². The summed E-state index contributed by atoms with van der Waals surface area (Å²) in [6.45, 7) is 1.93. The van der Waals surface area contributed by atoms with E-state index in [9.17, 15) is 9.18 Å². The van der Waals surface area contributed by atoms with Gasteiger partial charge in [-0.1, -0.05) is 23.2 Å². The third-order valence-corrected chi connectivity index (χ3v) is 3.96. The van der Waals surface area contributed by atoms with Crippen molar-refractivity contribution in [3.63, 3.8) is 0 Å². The van der Waals surface area contributed by atoms with Crippen molar-refractivity contribution in [3.8, 4) is 0 Å². The molecule has 1 amide bonds. The van der Waals surface area contributed by atoms with E-state index in [1.807, 2.05) is 11.4 Å². The first-order valence-corrected chi connectivity index (χ1v) is 7.33. The van der Waals surface area contributed by atoms with Crippen molar-refractivity contribution in [3.05, 3.63) is 44.3 Å². The first-order chi connectivity index (χ1) is 9.47. The Morgan fingerprint density at radius 3 is 2.60 bits per heavy atom. The second-order valence-corrected chi connectivity index (χ2v) is 5.86. The molecule has 0 aliphatic heterocycles. The van der Waals surface area contributed by atoms with Crippen molar-refractivity contribution in [1.29, 1.82) is 0 Å². The summed E-state index contributed by atoms with van der Waals surface area (Å²) in [6.07, 6.45) is 0. The van der Waals surface area contributed by atoms with Crippen LogP contribution in [0.25, 0.3) is 0 Å². The molecule has 3 nitrogen and oxygen atoms in total. The van der Waals surface area contributed by atoms with E-state index < -0.39 is 5.82 Å². The summed E-state index contributed by atoms with van der Waals surface area (Å²) >= 11 is 13.0. The molecule has 20 heavy (non-hydrogen) atoms. The Balaban J connectivity index is 2.09. The molecule has 0 atom stereocenters. The van der Waals surface area contributed by atoms with Gasteiger partial charge in [-0.05, 0) is 23.6 Å². The zero-order valence-electron chi connectivity index (χ0n) is 10.5. The van der Waals surface area contributed by atoms with Crippen molar-refractivity contribution in [2.24, 2.45) is 0 Å². The molecule has 0 aliphatic rings. The van der Waals surface area contributed by atoms with E-state index in [-0.39, 0.29) is 16.0 Å². The summed E-state index contributed by atoms with van der Waals surface area (Å²) in [5, 5.41) is 7.65. The number of hydrogen-bond acceptors (Lipinski definition) is 3. The molecule has 106 valence electrons. The number of hydrogen-bond donors (Lipinski definition) is 2. The highest BCUT2D eigenvalue weighted by molar-refractivity contribution is 7.10. The minimum absolute atomic E-state index is 0.0340. The molecule has 0 saturated carbocycles. The molecule has 7 heteroatoms. The van der Waals surface area contributed by atoms with Gasteiger partial charge in [-0.3, -0.25) is 4.79 Å². The molecule has 1 aromatic heterocycles. The van der Waals surface area contributed by atoms with Crippen LogP contribution in [-0.2, 0) is 11.3 Å². The second-order valence-electron chi connectivity index (χ2n) is 4.05. The lowest BCUT2D eigenvalue weighted by atomic mass is 10.3. The molecule has 2 rings (SSSR count). The molecule has 1 aromatic carbocycles. The van der Waals surface area contributed by atoms with Gasteiger partial charge in [0, 0.05) is 17.5 Å². The molecule has 0 bridgehead atoms. The van der Waals surface area contributed by atoms with Gasteiger partial charge in [0.25, 0.3) is 0 Å². The van der Waals surface area contributed by atoms with Gasteiger partial charge in [-0.25, -0.2) is 4.39 Å². The maximum Gasteiger partial charge on any atom is 0.221 e. The van der Waals surface area contributed by atoms with Gasteiger partial charge >= 0.3 is 0 Å². The van der Waals surface area contributed by atoms with Crippen molar-refractivity contribution in [2.75, 3.05) is 10.6 Å². The number of halogens is 3. The van der Waals surface area contributed by atoms with Crippen molar-refractivity contribution < 1.29 is 9.18 Å². The zero-order chi connectivity index (χ0) is 14.7. The summed E-state index contributed by atoms with van der Waals surface area (Å²) in [6, 6.07) is 4.76. The number of thiophene rings is 1. The molecule has 0 saturated heterocycles. The van der Waals surface area contributed by atoms with Crippen molar-refractivity contribution in [2.45, 2.75) is 13.5 Å². The fourth-order valence-corrected chi connectivity index (χ4v) is 2.88. The molecule has 2 aromatic rings. The number of carbonyl (C=O) groups is 1. The molecular formula is C13H11Cl2FN2OS. The maximum absolute atomic E-state index is 13.3. The first-order valence-electron chi connectivity index (χ1n) is 5.69. The maximum atomic E-state index is 13.3. The zero-order valence-corrected chi connectivity index (χ0v) is 12.8. The van der Waals surface area contributed by atoms with Gasteiger partial charge in [-0.15, -0.1) is 11.3 Å².